The summed E-state index contributed by atoms with van der Waals surface area (Å²) in [6.07, 6.45) is -10.6. The van der Waals surface area contributed by atoms with Crippen molar-refractivity contribution in [3.8, 4) is 133 Å². The number of hydrogen-bond acceptors (Lipinski definition) is 9. The Balaban J connectivity index is 1.18. The minimum Gasteiger partial charge on any atom is -0.309 e. The van der Waals surface area contributed by atoms with E-state index in [4.69, 9.17) is 0 Å². The van der Waals surface area contributed by atoms with E-state index in [-0.39, 0.29) is 84.2 Å². The summed E-state index contributed by atoms with van der Waals surface area (Å²) < 4.78 is 95.1. The quantitative estimate of drug-likeness (QED) is 0.132. The summed E-state index contributed by atoms with van der Waals surface area (Å²) in [4.78, 5) is 0. The van der Waals surface area contributed by atoms with Gasteiger partial charge in [0, 0.05) is 32.7 Å². The second-order valence-electron chi connectivity index (χ2n) is 21.8. The van der Waals surface area contributed by atoms with Gasteiger partial charge in [-0.25, -0.2) is 0 Å². The lowest BCUT2D eigenvalue weighted by Gasteiger charge is -2.24. The molecule has 94 heavy (non-hydrogen) atoms. The maximum atomic E-state index is 15.9. The lowest BCUT2D eigenvalue weighted by Crippen LogP contribution is -2.13. The van der Waals surface area contributed by atoms with Crippen LogP contribution in [0.5, 0.6) is 0 Å². The second-order valence-corrected chi connectivity index (χ2v) is 21.8. The Morgan fingerprint density at radius 3 is 0.915 bits per heavy atom. The number of benzene rings is 11. The molecular weight excluding hydrogens is 1190 g/mol. The molecule has 0 unspecified atom stereocenters. The fourth-order valence-corrected chi connectivity index (χ4v) is 12.6. The van der Waals surface area contributed by atoms with Crippen LogP contribution in [0.3, 0.4) is 0 Å². The molecule has 0 spiro atoms. The van der Waals surface area contributed by atoms with Gasteiger partial charge in [0.2, 0.25) is 0 Å². The van der Waals surface area contributed by atoms with Gasteiger partial charge in [0.1, 0.15) is 0 Å². The standard InChI is InChI=1S/C77H33F6N11/c78-76(79,80)56-15-20-61(67(33-56)77(81,82)83)62-4-2-6-73(94-70-23-13-49(59-18-9-45(36-86)27-54(59)41-91)31-65(70)66-32-50(14-24-71(66)94)60-19-10-46(37-87)28-55(60)42-92)75(62)74-51(38-88)3-1-5-72(74)93-68-21-11-47(57-16-7-43(34-84)25-52(57)39-89)29-63(68)64-30-48(12-22-69(64)93)58-17-8-44(35-85)26-53(58)40-90/h1-33H. The van der Waals surface area contributed by atoms with Crippen molar-refractivity contribution in [3.63, 3.8) is 0 Å². The third-order valence-corrected chi connectivity index (χ3v) is 16.7. The molecule has 0 saturated heterocycles. The summed E-state index contributed by atoms with van der Waals surface area (Å²) in [6, 6.07) is 69.6. The molecule has 17 heteroatoms. The zero-order valence-corrected chi connectivity index (χ0v) is 48.2. The largest absolute Gasteiger partial charge is 0.417 e. The van der Waals surface area contributed by atoms with Crippen LogP contribution in [-0.4, -0.2) is 9.13 Å². The smallest absolute Gasteiger partial charge is 0.309 e. The van der Waals surface area contributed by atoms with Crippen LogP contribution in [0.25, 0.3) is 122 Å². The lowest BCUT2D eigenvalue weighted by atomic mass is 9.86. The molecule has 13 aromatic rings. The van der Waals surface area contributed by atoms with E-state index in [9.17, 15) is 60.5 Å². The van der Waals surface area contributed by atoms with Gasteiger partial charge >= 0.3 is 12.4 Å². The summed E-state index contributed by atoms with van der Waals surface area (Å²) in [5.74, 6) is 0. The van der Waals surface area contributed by atoms with E-state index >= 15 is 13.2 Å². The van der Waals surface area contributed by atoms with E-state index in [1.807, 2.05) is 12.1 Å². The Morgan fingerprint density at radius 2 is 0.596 bits per heavy atom. The zero-order chi connectivity index (χ0) is 65.9. The number of rotatable bonds is 8. The van der Waals surface area contributed by atoms with Crippen molar-refractivity contribution in [1.29, 1.82) is 47.4 Å². The fraction of sp³-hybridized carbons (Fsp3) is 0.0260. The number of nitrogens with zero attached hydrogens (tertiary/aromatic N) is 11. The molecule has 0 bridgehead atoms. The number of nitriles is 9. The number of aromatic nitrogens is 2. The van der Waals surface area contributed by atoms with Crippen LogP contribution in [0, 0.1) is 102 Å². The molecule has 438 valence electrons. The molecule has 2 heterocycles. The van der Waals surface area contributed by atoms with Gasteiger partial charge in [-0.15, -0.1) is 0 Å². The second kappa shape index (κ2) is 22.9. The first-order chi connectivity index (χ1) is 45.4. The number of fused-ring (bicyclic) bond motifs is 6. The average Bonchev–Trinajstić information content (AvgIpc) is 1.52. The summed E-state index contributed by atoms with van der Waals surface area (Å²) in [6.45, 7) is 0. The van der Waals surface area contributed by atoms with Gasteiger partial charge in [-0.3, -0.25) is 0 Å². The topological polar surface area (TPSA) is 224 Å². The van der Waals surface area contributed by atoms with E-state index in [0.29, 0.717) is 94.2 Å². The van der Waals surface area contributed by atoms with Crippen LogP contribution >= 0.6 is 0 Å². The van der Waals surface area contributed by atoms with Crippen LogP contribution < -0.4 is 0 Å². The molecule has 0 aliphatic heterocycles. The van der Waals surface area contributed by atoms with Crippen LogP contribution in [0.4, 0.5) is 26.3 Å². The average molecular weight is 1230 g/mol. The predicted octanol–water partition coefficient (Wildman–Crippen LogP) is 18.8. The van der Waals surface area contributed by atoms with Crippen LogP contribution in [0.15, 0.2) is 200 Å². The molecule has 0 aliphatic rings. The fourth-order valence-electron chi connectivity index (χ4n) is 12.6. The maximum Gasteiger partial charge on any atom is 0.417 e. The third-order valence-electron chi connectivity index (χ3n) is 16.7. The molecule has 0 atom stereocenters. The summed E-state index contributed by atoms with van der Waals surface area (Å²) in [5, 5.41) is 94.3. The van der Waals surface area contributed by atoms with Gasteiger partial charge in [-0.05, 0) is 183 Å². The normalized spacial score (nSPS) is 11.2. The minimum absolute atomic E-state index is 0.0315. The van der Waals surface area contributed by atoms with Crippen molar-refractivity contribution in [2.45, 2.75) is 12.4 Å². The SMILES string of the molecule is N#Cc1ccc(-c2ccc3c(c2)c2cc(-c4ccc(C#N)cc4C#N)ccc2n3-c2cccc(C#N)c2-c2c(-c3ccc(C(F)(F)F)cc3C(F)(F)F)cccc2-n2c3ccc(-c4ccc(C#N)cc4C#N)cc3c3cc(-c4ccc(C#N)cc4C#N)ccc32)c(C#N)c1. The number of alkyl halides is 6. The monoisotopic (exact) mass is 1230 g/mol. The van der Waals surface area contributed by atoms with Crippen molar-refractivity contribution >= 4 is 43.6 Å². The van der Waals surface area contributed by atoms with E-state index in [1.165, 1.54) is 42.5 Å². The molecule has 0 fully saturated rings. The third kappa shape index (κ3) is 9.82. The Bertz CT molecular complexity index is 5650. The molecule has 11 aromatic carbocycles. The maximum absolute atomic E-state index is 15.9. The van der Waals surface area contributed by atoms with E-state index in [2.05, 4.69) is 54.6 Å². The molecule has 0 N–H and O–H groups in total. The highest BCUT2D eigenvalue weighted by Crippen LogP contribution is 2.51. The van der Waals surface area contributed by atoms with Crippen LogP contribution in [0.2, 0.25) is 0 Å². The van der Waals surface area contributed by atoms with Crippen molar-refractivity contribution in [3.05, 3.63) is 261 Å². The highest BCUT2D eigenvalue weighted by Gasteiger charge is 2.40. The Kier molecular flexibility index (Phi) is 14.4. The first kappa shape index (κ1) is 59.0. The molecule has 13 rings (SSSR count). The Hall–Kier alpha value is -14.0. The van der Waals surface area contributed by atoms with Crippen molar-refractivity contribution in [2.24, 2.45) is 0 Å². The van der Waals surface area contributed by atoms with Gasteiger partial charge < -0.3 is 9.13 Å². The highest BCUT2D eigenvalue weighted by molar-refractivity contribution is 6.15. The predicted molar refractivity (Wildman–Crippen MR) is 340 cm³/mol. The van der Waals surface area contributed by atoms with Crippen LogP contribution in [0.1, 0.15) is 61.2 Å². The Morgan fingerprint density at radius 1 is 0.266 bits per heavy atom. The van der Waals surface area contributed by atoms with Gasteiger partial charge in [0.05, 0.1) is 149 Å². The van der Waals surface area contributed by atoms with Gasteiger partial charge in [0.15, 0.2) is 0 Å². The first-order valence-corrected chi connectivity index (χ1v) is 28.4. The minimum atomic E-state index is -5.40. The summed E-state index contributed by atoms with van der Waals surface area (Å²) in [5.41, 5.74) is 3.53. The molecule has 0 radical (unpaired) electrons. The lowest BCUT2D eigenvalue weighted by molar-refractivity contribution is -0.142. The number of hydrogen-bond donors (Lipinski definition) is 0. The van der Waals surface area contributed by atoms with Crippen molar-refractivity contribution < 1.29 is 26.3 Å². The zero-order valence-electron chi connectivity index (χ0n) is 48.2. The molecule has 0 aliphatic carbocycles. The van der Waals surface area contributed by atoms with E-state index in [0.717, 1.165) is 6.07 Å². The molecular formula is C77H33F6N11. The molecule has 2 aromatic heterocycles. The van der Waals surface area contributed by atoms with Gasteiger partial charge in [0.25, 0.3) is 0 Å². The van der Waals surface area contributed by atoms with E-state index in [1.54, 1.807) is 137 Å². The summed E-state index contributed by atoms with van der Waals surface area (Å²) >= 11 is 0. The molecule has 0 saturated carbocycles. The number of halogens is 6. The van der Waals surface area contributed by atoms with E-state index < -0.39 is 29.0 Å². The Labute approximate surface area is 530 Å². The van der Waals surface area contributed by atoms with Crippen LogP contribution in [-0.2, 0) is 12.4 Å². The molecule has 11 nitrogen and oxygen atoms in total. The highest BCUT2D eigenvalue weighted by atomic mass is 19.4. The summed E-state index contributed by atoms with van der Waals surface area (Å²) in [7, 11) is 0. The van der Waals surface area contributed by atoms with Crippen molar-refractivity contribution in [1.82, 2.24) is 9.13 Å². The van der Waals surface area contributed by atoms with Crippen molar-refractivity contribution in [2.75, 3.05) is 0 Å². The molecule has 0 amide bonds. The van der Waals surface area contributed by atoms with Gasteiger partial charge in [-0.1, -0.05) is 72.8 Å². The first-order valence-electron chi connectivity index (χ1n) is 28.4. The van der Waals surface area contributed by atoms with Gasteiger partial charge in [-0.2, -0.15) is 73.7 Å².